The number of carboxylic acid groups (broad SMARTS) is 1. The number of benzene rings is 1. The zero-order valence-electron chi connectivity index (χ0n) is 6.96. The molecule has 3 nitrogen and oxygen atoms in total. The van der Waals surface area contributed by atoms with Gasteiger partial charge in [0.1, 0.15) is 0 Å². The van der Waals surface area contributed by atoms with E-state index in [2.05, 4.69) is 13.2 Å². The Labute approximate surface area is 81.4 Å². The van der Waals surface area contributed by atoms with Crippen LogP contribution in [0.2, 0.25) is 5.02 Å². The van der Waals surface area contributed by atoms with Crippen LogP contribution < -0.4 is 5.73 Å². The second-order valence-electron chi connectivity index (χ2n) is 2.04. The van der Waals surface area contributed by atoms with Gasteiger partial charge in [-0.1, -0.05) is 11.6 Å². The van der Waals surface area contributed by atoms with Crippen LogP contribution in [0.5, 0.6) is 0 Å². The van der Waals surface area contributed by atoms with Crippen LogP contribution in [0.3, 0.4) is 0 Å². The minimum Gasteiger partial charge on any atom is -0.478 e. The van der Waals surface area contributed by atoms with Gasteiger partial charge in [-0.3, -0.25) is 0 Å². The van der Waals surface area contributed by atoms with Gasteiger partial charge >= 0.3 is 5.97 Å². The molecule has 0 saturated heterocycles. The monoisotopic (exact) mass is 199 g/mol. The minimum atomic E-state index is -1.01. The van der Waals surface area contributed by atoms with Gasteiger partial charge in [0.2, 0.25) is 0 Å². The van der Waals surface area contributed by atoms with Crippen LogP contribution in [0.25, 0.3) is 0 Å². The molecule has 1 aromatic carbocycles. The highest BCUT2D eigenvalue weighted by atomic mass is 35.5. The first-order valence-electron chi connectivity index (χ1n) is 3.39. The van der Waals surface area contributed by atoms with Crippen LogP contribution in [0.4, 0.5) is 5.69 Å². The highest BCUT2D eigenvalue weighted by molar-refractivity contribution is 6.33. The summed E-state index contributed by atoms with van der Waals surface area (Å²) in [5.41, 5.74) is 5.79. The summed E-state index contributed by atoms with van der Waals surface area (Å²) in [5, 5.41) is 8.87. The van der Waals surface area contributed by atoms with Crippen molar-refractivity contribution in [1.29, 1.82) is 0 Å². The molecule has 3 N–H and O–H groups in total. The van der Waals surface area contributed by atoms with E-state index in [0.29, 0.717) is 5.02 Å². The number of rotatable bonds is 1. The van der Waals surface area contributed by atoms with E-state index in [1.807, 2.05) is 0 Å². The predicted molar refractivity (Wildman–Crippen MR) is 54.1 cm³/mol. The Morgan fingerprint density at radius 2 is 2.00 bits per heavy atom. The molecule has 0 radical (unpaired) electrons. The fourth-order valence-corrected chi connectivity index (χ4v) is 0.794. The molecule has 70 valence electrons. The van der Waals surface area contributed by atoms with Crippen LogP contribution in [-0.2, 0) is 0 Å². The van der Waals surface area contributed by atoms with Crippen molar-refractivity contribution in [3.63, 3.8) is 0 Å². The molecule has 1 rings (SSSR count). The Morgan fingerprint density at radius 3 is 2.38 bits per heavy atom. The Bertz CT molecular complexity index is 312. The van der Waals surface area contributed by atoms with Gasteiger partial charge < -0.3 is 10.8 Å². The van der Waals surface area contributed by atoms with Gasteiger partial charge in [-0.15, -0.1) is 13.2 Å². The fourth-order valence-electron chi connectivity index (χ4n) is 0.677. The lowest BCUT2D eigenvalue weighted by Gasteiger charge is -1.97. The normalized spacial score (nSPS) is 8.38. The smallest absolute Gasteiger partial charge is 0.335 e. The van der Waals surface area contributed by atoms with Crippen molar-refractivity contribution in [2.45, 2.75) is 0 Å². The molecule has 0 aliphatic heterocycles. The summed E-state index contributed by atoms with van der Waals surface area (Å²) in [6.45, 7) is 6.00. The Kier molecular flexibility index (Phi) is 4.62. The SMILES string of the molecule is C=C.Nc1cc(C(=O)O)ccc1Cl. The van der Waals surface area contributed by atoms with Gasteiger partial charge in [-0.05, 0) is 18.2 Å². The van der Waals surface area contributed by atoms with E-state index in [9.17, 15) is 4.79 Å². The number of carbonyl (C=O) groups is 1. The third-order valence-corrected chi connectivity index (χ3v) is 1.59. The van der Waals surface area contributed by atoms with E-state index in [4.69, 9.17) is 22.4 Å². The average Bonchev–Trinajstić information content (AvgIpc) is 2.13. The molecule has 0 fully saturated rings. The highest BCUT2D eigenvalue weighted by Crippen LogP contribution is 2.19. The van der Waals surface area contributed by atoms with Crippen molar-refractivity contribution < 1.29 is 9.90 Å². The lowest BCUT2D eigenvalue weighted by atomic mass is 10.2. The van der Waals surface area contributed by atoms with Gasteiger partial charge in [-0.25, -0.2) is 4.79 Å². The van der Waals surface area contributed by atoms with Crippen LogP contribution in [-0.4, -0.2) is 11.1 Å². The second-order valence-corrected chi connectivity index (χ2v) is 2.45. The summed E-state index contributed by atoms with van der Waals surface area (Å²) in [6.07, 6.45) is 0. The van der Waals surface area contributed by atoms with E-state index in [1.54, 1.807) is 0 Å². The molecular weight excluding hydrogens is 190 g/mol. The Balaban J connectivity index is 0.000000671. The number of hydrogen-bond donors (Lipinski definition) is 2. The number of anilines is 1. The summed E-state index contributed by atoms with van der Waals surface area (Å²) >= 11 is 5.57. The molecular formula is C9H10ClNO2. The molecule has 0 bridgehead atoms. The number of carboxylic acids is 1. The molecule has 0 aliphatic rings. The van der Waals surface area contributed by atoms with Crippen molar-refractivity contribution >= 4 is 23.3 Å². The minimum absolute atomic E-state index is 0.145. The third-order valence-electron chi connectivity index (χ3n) is 1.24. The summed E-state index contributed by atoms with van der Waals surface area (Å²) in [7, 11) is 0. The molecule has 0 aromatic heterocycles. The van der Waals surface area contributed by atoms with Gasteiger partial charge in [0.25, 0.3) is 0 Å². The van der Waals surface area contributed by atoms with E-state index in [-0.39, 0.29) is 11.3 Å². The number of aromatic carboxylic acids is 1. The van der Waals surface area contributed by atoms with Crippen LogP contribution in [0, 0.1) is 0 Å². The first-order valence-corrected chi connectivity index (χ1v) is 3.77. The quantitative estimate of drug-likeness (QED) is 0.539. The van der Waals surface area contributed by atoms with Crippen molar-refractivity contribution in [2.75, 3.05) is 5.73 Å². The largest absolute Gasteiger partial charge is 0.478 e. The molecule has 0 unspecified atom stereocenters. The van der Waals surface area contributed by atoms with E-state index in [1.165, 1.54) is 18.2 Å². The lowest BCUT2D eigenvalue weighted by molar-refractivity contribution is 0.0697. The van der Waals surface area contributed by atoms with E-state index < -0.39 is 5.97 Å². The maximum Gasteiger partial charge on any atom is 0.335 e. The first kappa shape index (κ1) is 11.5. The molecule has 1 aromatic rings. The number of nitrogens with two attached hydrogens (primary N) is 1. The predicted octanol–water partition coefficient (Wildman–Crippen LogP) is 2.42. The van der Waals surface area contributed by atoms with Crippen molar-refractivity contribution in [3.8, 4) is 0 Å². The Morgan fingerprint density at radius 1 is 1.46 bits per heavy atom. The zero-order chi connectivity index (χ0) is 10.4. The topological polar surface area (TPSA) is 63.3 Å². The fraction of sp³-hybridized carbons (Fsp3) is 0. The molecule has 0 amide bonds. The van der Waals surface area contributed by atoms with Gasteiger partial charge in [-0.2, -0.15) is 0 Å². The molecule has 0 aliphatic carbocycles. The first-order chi connectivity index (χ1) is 6.11. The lowest BCUT2D eigenvalue weighted by Crippen LogP contribution is -1.97. The maximum absolute atomic E-state index is 10.4. The van der Waals surface area contributed by atoms with Crippen LogP contribution in [0.15, 0.2) is 31.4 Å². The third kappa shape index (κ3) is 3.17. The Hall–Kier alpha value is -1.48. The van der Waals surface area contributed by atoms with Crippen LogP contribution >= 0.6 is 11.6 Å². The van der Waals surface area contributed by atoms with E-state index in [0.717, 1.165) is 0 Å². The number of hydrogen-bond acceptors (Lipinski definition) is 2. The van der Waals surface area contributed by atoms with Gasteiger partial charge in [0.15, 0.2) is 0 Å². The summed E-state index contributed by atoms with van der Waals surface area (Å²) in [6, 6.07) is 4.19. The molecule has 0 spiro atoms. The van der Waals surface area contributed by atoms with Crippen molar-refractivity contribution in [1.82, 2.24) is 0 Å². The molecule has 0 heterocycles. The number of halogens is 1. The molecule has 13 heavy (non-hydrogen) atoms. The highest BCUT2D eigenvalue weighted by Gasteiger charge is 2.03. The standard InChI is InChI=1S/C7H6ClNO2.C2H4/c8-5-2-1-4(7(10)11)3-6(5)9;1-2/h1-3H,9H2,(H,10,11);1-2H2. The number of nitrogen functional groups attached to an aromatic ring is 1. The van der Waals surface area contributed by atoms with Crippen molar-refractivity contribution in [3.05, 3.63) is 41.9 Å². The second kappa shape index (κ2) is 5.22. The van der Waals surface area contributed by atoms with Crippen LogP contribution in [0.1, 0.15) is 10.4 Å². The maximum atomic E-state index is 10.4. The van der Waals surface area contributed by atoms with E-state index >= 15 is 0 Å². The summed E-state index contributed by atoms with van der Waals surface area (Å²) in [5.74, 6) is -1.01. The van der Waals surface area contributed by atoms with Crippen molar-refractivity contribution in [2.24, 2.45) is 0 Å². The molecule has 4 heteroatoms. The van der Waals surface area contributed by atoms with Gasteiger partial charge in [0.05, 0.1) is 16.3 Å². The molecule has 0 atom stereocenters. The zero-order valence-corrected chi connectivity index (χ0v) is 7.71. The molecule has 0 saturated carbocycles. The average molecular weight is 200 g/mol. The summed E-state index contributed by atoms with van der Waals surface area (Å²) < 4.78 is 0. The summed E-state index contributed by atoms with van der Waals surface area (Å²) in [4.78, 5) is 10.4. The van der Waals surface area contributed by atoms with Gasteiger partial charge in [0, 0.05) is 0 Å².